The summed E-state index contributed by atoms with van der Waals surface area (Å²) in [7, 11) is 0. The minimum Gasteiger partial charge on any atom is -0.476 e. The second kappa shape index (κ2) is 4.65. The zero-order valence-corrected chi connectivity index (χ0v) is 9.21. The average Bonchev–Trinajstić information content (AvgIpc) is 2.75. The van der Waals surface area contributed by atoms with Crippen molar-refractivity contribution in [3.05, 3.63) is 60.4 Å². The maximum Gasteiger partial charge on any atom is 0.356 e. The van der Waals surface area contributed by atoms with Crippen molar-refractivity contribution in [2.24, 2.45) is 0 Å². The molecular weight excluding hydrogens is 216 g/mol. The molecule has 0 fully saturated rings. The van der Waals surface area contributed by atoms with Gasteiger partial charge in [-0.1, -0.05) is 24.3 Å². The average molecular weight is 228 g/mol. The van der Waals surface area contributed by atoms with Gasteiger partial charge in [0.2, 0.25) is 0 Å². The molecule has 4 nitrogen and oxygen atoms in total. The van der Waals surface area contributed by atoms with Crippen molar-refractivity contribution < 1.29 is 9.90 Å². The summed E-state index contributed by atoms with van der Waals surface area (Å²) in [6, 6.07) is 11.0. The second-order valence-electron chi connectivity index (χ2n) is 3.57. The molecule has 1 heterocycles. The van der Waals surface area contributed by atoms with E-state index in [0.717, 1.165) is 11.4 Å². The molecule has 0 unspecified atom stereocenters. The number of aromatic nitrogens is 2. The highest BCUT2D eigenvalue weighted by atomic mass is 16.4. The second-order valence-corrected chi connectivity index (χ2v) is 3.57. The van der Waals surface area contributed by atoms with Crippen LogP contribution in [0.2, 0.25) is 0 Å². The summed E-state index contributed by atoms with van der Waals surface area (Å²) < 4.78 is 1.63. The minimum atomic E-state index is -1.02. The van der Waals surface area contributed by atoms with Gasteiger partial charge in [0.15, 0.2) is 5.69 Å². The van der Waals surface area contributed by atoms with Crippen LogP contribution in [-0.2, 0) is 6.42 Å². The smallest absolute Gasteiger partial charge is 0.356 e. The van der Waals surface area contributed by atoms with Crippen molar-refractivity contribution in [1.82, 2.24) is 9.78 Å². The standard InChI is InChI=1S/C13H12N2O2/c1-2-6-11-9-12(13(16)17)14-15(11)10-7-4-3-5-8-10/h2-5,7-9H,1,6H2,(H,16,17). The molecule has 86 valence electrons. The van der Waals surface area contributed by atoms with Crippen LogP contribution in [0.5, 0.6) is 0 Å². The van der Waals surface area contributed by atoms with Gasteiger partial charge in [0.25, 0.3) is 0 Å². The minimum absolute atomic E-state index is 0.0469. The number of hydrogen-bond acceptors (Lipinski definition) is 2. The van der Waals surface area contributed by atoms with Crippen molar-refractivity contribution in [3.8, 4) is 5.69 Å². The molecule has 0 aliphatic carbocycles. The third-order valence-corrected chi connectivity index (χ3v) is 2.36. The van der Waals surface area contributed by atoms with Crippen molar-refractivity contribution in [3.63, 3.8) is 0 Å². The van der Waals surface area contributed by atoms with Gasteiger partial charge in [-0.05, 0) is 18.2 Å². The Bertz CT molecular complexity index is 544. The van der Waals surface area contributed by atoms with Gasteiger partial charge in [0.05, 0.1) is 5.69 Å². The maximum absolute atomic E-state index is 10.9. The largest absolute Gasteiger partial charge is 0.476 e. The Morgan fingerprint density at radius 3 is 2.71 bits per heavy atom. The number of allylic oxidation sites excluding steroid dienone is 1. The van der Waals surface area contributed by atoms with Gasteiger partial charge < -0.3 is 5.11 Å². The van der Waals surface area contributed by atoms with Crippen molar-refractivity contribution in [1.29, 1.82) is 0 Å². The zero-order chi connectivity index (χ0) is 12.3. The van der Waals surface area contributed by atoms with Crippen LogP contribution in [0, 0.1) is 0 Å². The normalized spacial score (nSPS) is 10.1. The van der Waals surface area contributed by atoms with Crippen LogP contribution in [0.15, 0.2) is 49.1 Å². The first kappa shape index (κ1) is 11.1. The highest BCUT2D eigenvalue weighted by Gasteiger charge is 2.13. The third-order valence-electron chi connectivity index (χ3n) is 2.36. The van der Waals surface area contributed by atoms with Gasteiger partial charge in [-0.15, -0.1) is 6.58 Å². The Labute approximate surface area is 98.8 Å². The number of rotatable bonds is 4. The number of carbonyl (C=O) groups is 1. The number of hydrogen-bond donors (Lipinski definition) is 1. The molecule has 2 rings (SSSR count). The lowest BCUT2D eigenvalue weighted by atomic mass is 10.2. The number of aromatic carboxylic acids is 1. The first-order valence-electron chi connectivity index (χ1n) is 5.21. The monoisotopic (exact) mass is 228 g/mol. The number of carboxylic acid groups (broad SMARTS) is 1. The van der Waals surface area contributed by atoms with Gasteiger partial charge in [-0.2, -0.15) is 5.10 Å². The lowest BCUT2D eigenvalue weighted by Crippen LogP contribution is -2.03. The van der Waals surface area contributed by atoms with E-state index >= 15 is 0 Å². The molecule has 0 saturated heterocycles. The van der Waals surface area contributed by atoms with Gasteiger partial charge in [0, 0.05) is 12.1 Å². The molecule has 0 atom stereocenters. The Balaban J connectivity index is 2.51. The van der Waals surface area contributed by atoms with E-state index in [1.807, 2.05) is 30.3 Å². The van der Waals surface area contributed by atoms with E-state index in [0.29, 0.717) is 6.42 Å². The molecule has 0 aliphatic rings. The molecule has 0 aliphatic heterocycles. The van der Waals surface area contributed by atoms with Crippen molar-refractivity contribution >= 4 is 5.97 Å². The Kier molecular flexibility index (Phi) is 3.05. The van der Waals surface area contributed by atoms with Crippen LogP contribution >= 0.6 is 0 Å². The molecule has 1 N–H and O–H groups in total. The highest BCUT2D eigenvalue weighted by molar-refractivity contribution is 5.85. The van der Waals surface area contributed by atoms with Gasteiger partial charge in [-0.3, -0.25) is 0 Å². The van der Waals surface area contributed by atoms with Crippen LogP contribution in [0.25, 0.3) is 5.69 Å². The summed E-state index contributed by atoms with van der Waals surface area (Å²) in [6.07, 6.45) is 2.30. The maximum atomic E-state index is 10.9. The fourth-order valence-electron chi connectivity index (χ4n) is 1.61. The first-order valence-corrected chi connectivity index (χ1v) is 5.21. The van der Waals surface area contributed by atoms with Crippen LogP contribution in [0.1, 0.15) is 16.2 Å². The molecule has 0 radical (unpaired) electrons. The van der Waals surface area contributed by atoms with Gasteiger partial charge >= 0.3 is 5.97 Å². The van der Waals surface area contributed by atoms with E-state index < -0.39 is 5.97 Å². The Morgan fingerprint density at radius 1 is 1.41 bits per heavy atom. The van der Waals surface area contributed by atoms with E-state index in [4.69, 9.17) is 5.11 Å². The lowest BCUT2D eigenvalue weighted by Gasteiger charge is -2.04. The lowest BCUT2D eigenvalue weighted by molar-refractivity contribution is 0.0690. The summed E-state index contributed by atoms with van der Waals surface area (Å²) in [5.74, 6) is -1.02. The molecule has 1 aromatic heterocycles. The van der Waals surface area contributed by atoms with Crippen LogP contribution < -0.4 is 0 Å². The summed E-state index contributed by atoms with van der Waals surface area (Å²) in [4.78, 5) is 10.9. The molecule has 4 heteroatoms. The van der Waals surface area contributed by atoms with Crippen LogP contribution in [-0.4, -0.2) is 20.9 Å². The van der Waals surface area contributed by atoms with Crippen molar-refractivity contribution in [2.45, 2.75) is 6.42 Å². The predicted octanol–water partition coefficient (Wildman–Crippen LogP) is 2.30. The zero-order valence-electron chi connectivity index (χ0n) is 9.21. The molecule has 0 saturated carbocycles. The molecule has 17 heavy (non-hydrogen) atoms. The summed E-state index contributed by atoms with van der Waals surface area (Å²) >= 11 is 0. The predicted molar refractivity (Wildman–Crippen MR) is 64.4 cm³/mol. The highest BCUT2D eigenvalue weighted by Crippen LogP contribution is 2.13. The number of benzene rings is 1. The fraction of sp³-hybridized carbons (Fsp3) is 0.0769. The quantitative estimate of drug-likeness (QED) is 0.817. The van der Waals surface area contributed by atoms with Gasteiger partial charge in [-0.25, -0.2) is 9.48 Å². The molecular formula is C13H12N2O2. The topological polar surface area (TPSA) is 55.1 Å². The molecule has 0 amide bonds. The number of para-hydroxylation sites is 1. The van der Waals surface area contributed by atoms with E-state index in [2.05, 4.69) is 11.7 Å². The van der Waals surface area contributed by atoms with Crippen LogP contribution in [0.4, 0.5) is 0 Å². The first-order chi connectivity index (χ1) is 8.22. The molecule has 2 aromatic rings. The number of carboxylic acids is 1. The Hall–Kier alpha value is -2.36. The Morgan fingerprint density at radius 2 is 2.12 bits per heavy atom. The van der Waals surface area contributed by atoms with E-state index in [1.165, 1.54) is 0 Å². The molecule has 0 spiro atoms. The summed E-state index contributed by atoms with van der Waals surface area (Å²) in [5.41, 5.74) is 1.70. The molecule has 1 aromatic carbocycles. The summed E-state index contributed by atoms with van der Waals surface area (Å²) in [5, 5.41) is 13.0. The van der Waals surface area contributed by atoms with E-state index in [1.54, 1.807) is 16.8 Å². The van der Waals surface area contributed by atoms with E-state index in [9.17, 15) is 4.79 Å². The summed E-state index contributed by atoms with van der Waals surface area (Å²) in [6.45, 7) is 3.66. The van der Waals surface area contributed by atoms with E-state index in [-0.39, 0.29) is 5.69 Å². The molecule has 0 bridgehead atoms. The van der Waals surface area contributed by atoms with Gasteiger partial charge in [0.1, 0.15) is 0 Å². The van der Waals surface area contributed by atoms with Crippen molar-refractivity contribution in [2.75, 3.05) is 0 Å². The SMILES string of the molecule is C=CCc1cc(C(=O)O)nn1-c1ccccc1. The van der Waals surface area contributed by atoms with Crippen LogP contribution in [0.3, 0.4) is 0 Å². The fourth-order valence-corrected chi connectivity index (χ4v) is 1.61. The third kappa shape index (κ3) is 2.25. The number of nitrogens with zero attached hydrogens (tertiary/aromatic N) is 2.